The highest BCUT2D eigenvalue weighted by atomic mass is 16.5. The van der Waals surface area contributed by atoms with Crippen LogP contribution in [0.5, 0.6) is 0 Å². The predicted molar refractivity (Wildman–Crippen MR) is 79.7 cm³/mol. The Kier molecular flexibility index (Phi) is 4.65. The van der Waals surface area contributed by atoms with Gasteiger partial charge in [-0.05, 0) is 51.0 Å². The number of nitrogens with two attached hydrogens (primary N) is 1. The lowest BCUT2D eigenvalue weighted by molar-refractivity contribution is -0.156. The number of likely N-dealkylation sites (tertiary alicyclic amines) is 1. The van der Waals surface area contributed by atoms with E-state index in [1.165, 1.54) is 32.2 Å². The summed E-state index contributed by atoms with van der Waals surface area (Å²) in [6.45, 7) is 7.03. The highest BCUT2D eigenvalue weighted by Crippen LogP contribution is 2.38. The monoisotopic (exact) mass is 282 g/mol. The van der Waals surface area contributed by atoms with E-state index in [1.54, 1.807) is 0 Å². The molecule has 116 valence electrons. The number of piperidine rings is 1. The second-order valence-corrected chi connectivity index (χ2v) is 7.05. The fourth-order valence-electron chi connectivity index (χ4n) is 4.36. The Labute approximate surface area is 123 Å². The summed E-state index contributed by atoms with van der Waals surface area (Å²) in [6, 6.07) is 1.25. The molecule has 1 spiro atoms. The summed E-state index contributed by atoms with van der Waals surface area (Å²) in [7, 11) is 0. The van der Waals surface area contributed by atoms with Crippen molar-refractivity contribution in [3.8, 4) is 0 Å². The summed E-state index contributed by atoms with van der Waals surface area (Å²) in [4.78, 5) is 2.71. The van der Waals surface area contributed by atoms with E-state index in [9.17, 15) is 0 Å². The first kappa shape index (κ1) is 14.8. The van der Waals surface area contributed by atoms with E-state index >= 15 is 0 Å². The van der Waals surface area contributed by atoms with Gasteiger partial charge in [-0.3, -0.25) is 4.90 Å². The minimum absolute atomic E-state index is 0.101. The summed E-state index contributed by atoms with van der Waals surface area (Å²) >= 11 is 0. The molecule has 3 aliphatic rings. The summed E-state index contributed by atoms with van der Waals surface area (Å²) in [5.74, 6) is 0.830. The molecule has 0 bridgehead atoms. The lowest BCUT2D eigenvalue weighted by atomic mass is 9.81. The van der Waals surface area contributed by atoms with E-state index < -0.39 is 0 Å². The van der Waals surface area contributed by atoms with Crippen LogP contribution in [-0.2, 0) is 9.47 Å². The summed E-state index contributed by atoms with van der Waals surface area (Å²) in [5.41, 5.74) is 6.14. The molecule has 3 aliphatic heterocycles. The van der Waals surface area contributed by atoms with Gasteiger partial charge < -0.3 is 15.2 Å². The number of hydrogen-bond acceptors (Lipinski definition) is 4. The largest absolute Gasteiger partial charge is 0.381 e. The number of nitrogens with zero attached hydrogens (tertiary/aromatic N) is 1. The highest BCUT2D eigenvalue weighted by molar-refractivity contribution is 4.95. The average molecular weight is 282 g/mol. The Hall–Kier alpha value is -0.160. The maximum Gasteiger partial charge on any atom is 0.0741 e. The Bertz CT molecular complexity index is 312. The van der Waals surface area contributed by atoms with Crippen molar-refractivity contribution in [1.82, 2.24) is 4.90 Å². The van der Waals surface area contributed by atoms with Crippen molar-refractivity contribution in [2.75, 3.05) is 32.9 Å². The van der Waals surface area contributed by atoms with Gasteiger partial charge in [-0.1, -0.05) is 6.92 Å². The molecular weight excluding hydrogens is 252 g/mol. The fraction of sp³-hybridized carbons (Fsp3) is 1.00. The molecule has 3 heterocycles. The SMILES string of the molecule is CC1CCN(C2CCOC3(CCOCC3)C2)C(CN)C1. The number of rotatable bonds is 2. The summed E-state index contributed by atoms with van der Waals surface area (Å²) < 4.78 is 11.7. The van der Waals surface area contributed by atoms with Crippen LogP contribution in [0.2, 0.25) is 0 Å². The number of ether oxygens (including phenoxy) is 2. The zero-order valence-corrected chi connectivity index (χ0v) is 12.9. The summed E-state index contributed by atoms with van der Waals surface area (Å²) in [5, 5.41) is 0. The quantitative estimate of drug-likeness (QED) is 0.838. The highest BCUT2D eigenvalue weighted by Gasteiger charge is 2.42. The third kappa shape index (κ3) is 3.03. The molecule has 3 atom stereocenters. The topological polar surface area (TPSA) is 47.7 Å². The van der Waals surface area contributed by atoms with E-state index in [1.807, 2.05) is 0 Å². The van der Waals surface area contributed by atoms with E-state index in [-0.39, 0.29) is 5.60 Å². The van der Waals surface area contributed by atoms with Crippen LogP contribution in [0.1, 0.15) is 45.4 Å². The molecule has 0 amide bonds. The lowest BCUT2D eigenvalue weighted by Gasteiger charge is -2.50. The van der Waals surface area contributed by atoms with Gasteiger partial charge in [0, 0.05) is 38.4 Å². The minimum atomic E-state index is 0.101. The molecular formula is C16H30N2O2. The van der Waals surface area contributed by atoms with Crippen LogP contribution >= 0.6 is 0 Å². The van der Waals surface area contributed by atoms with Crippen molar-refractivity contribution in [3.05, 3.63) is 0 Å². The van der Waals surface area contributed by atoms with Crippen molar-refractivity contribution < 1.29 is 9.47 Å². The molecule has 4 nitrogen and oxygen atoms in total. The first-order valence-electron chi connectivity index (χ1n) is 8.40. The zero-order valence-electron chi connectivity index (χ0n) is 12.9. The first-order chi connectivity index (χ1) is 9.72. The van der Waals surface area contributed by atoms with Gasteiger partial charge in [0.2, 0.25) is 0 Å². The second-order valence-electron chi connectivity index (χ2n) is 7.05. The Morgan fingerprint density at radius 1 is 1.20 bits per heavy atom. The van der Waals surface area contributed by atoms with Gasteiger partial charge in [0.25, 0.3) is 0 Å². The van der Waals surface area contributed by atoms with E-state index in [2.05, 4.69) is 11.8 Å². The van der Waals surface area contributed by atoms with Gasteiger partial charge >= 0.3 is 0 Å². The van der Waals surface area contributed by atoms with Crippen LogP contribution in [0.25, 0.3) is 0 Å². The van der Waals surface area contributed by atoms with Crippen molar-refractivity contribution in [3.63, 3.8) is 0 Å². The maximum atomic E-state index is 6.18. The van der Waals surface area contributed by atoms with Gasteiger partial charge in [-0.15, -0.1) is 0 Å². The van der Waals surface area contributed by atoms with Crippen LogP contribution in [-0.4, -0.2) is 55.5 Å². The lowest BCUT2D eigenvalue weighted by Crippen LogP contribution is -2.57. The molecule has 2 N–H and O–H groups in total. The van der Waals surface area contributed by atoms with Crippen LogP contribution < -0.4 is 5.73 Å². The molecule has 3 saturated heterocycles. The molecule has 0 aromatic rings. The van der Waals surface area contributed by atoms with Gasteiger partial charge in [-0.25, -0.2) is 0 Å². The third-order valence-corrected chi connectivity index (χ3v) is 5.64. The van der Waals surface area contributed by atoms with Gasteiger partial charge in [0.1, 0.15) is 0 Å². The van der Waals surface area contributed by atoms with Crippen molar-refractivity contribution in [2.45, 2.75) is 63.1 Å². The molecule has 3 fully saturated rings. The fourth-order valence-corrected chi connectivity index (χ4v) is 4.36. The molecule has 0 aromatic carbocycles. The zero-order chi connectivity index (χ0) is 14.0. The number of hydrogen-bond donors (Lipinski definition) is 1. The van der Waals surface area contributed by atoms with Gasteiger partial charge in [0.05, 0.1) is 5.60 Å². The van der Waals surface area contributed by atoms with E-state index in [0.29, 0.717) is 12.1 Å². The molecule has 0 aromatic heterocycles. The minimum Gasteiger partial charge on any atom is -0.381 e. The molecule has 0 saturated carbocycles. The molecule has 0 radical (unpaired) electrons. The normalized spacial score (nSPS) is 39.0. The molecule has 4 heteroatoms. The Balaban J connectivity index is 1.66. The third-order valence-electron chi connectivity index (χ3n) is 5.64. The molecule has 3 unspecified atom stereocenters. The molecule has 20 heavy (non-hydrogen) atoms. The Morgan fingerprint density at radius 3 is 2.75 bits per heavy atom. The predicted octanol–water partition coefficient (Wildman–Crippen LogP) is 1.77. The van der Waals surface area contributed by atoms with Gasteiger partial charge in [0.15, 0.2) is 0 Å². The maximum absolute atomic E-state index is 6.18. The van der Waals surface area contributed by atoms with Crippen molar-refractivity contribution in [1.29, 1.82) is 0 Å². The van der Waals surface area contributed by atoms with E-state index in [4.69, 9.17) is 15.2 Å². The van der Waals surface area contributed by atoms with Crippen molar-refractivity contribution >= 4 is 0 Å². The Morgan fingerprint density at radius 2 is 2.00 bits per heavy atom. The van der Waals surface area contributed by atoms with Crippen LogP contribution in [0.4, 0.5) is 0 Å². The smallest absolute Gasteiger partial charge is 0.0741 e. The van der Waals surface area contributed by atoms with Crippen molar-refractivity contribution in [2.24, 2.45) is 11.7 Å². The molecule has 0 aliphatic carbocycles. The van der Waals surface area contributed by atoms with Crippen LogP contribution in [0, 0.1) is 5.92 Å². The van der Waals surface area contributed by atoms with E-state index in [0.717, 1.165) is 45.1 Å². The van der Waals surface area contributed by atoms with Crippen LogP contribution in [0.3, 0.4) is 0 Å². The van der Waals surface area contributed by atoms with Crippen LogP contribution in [0.15, 0.2) is 0 Å². The first-order valence-corrected chi connectivity index (χ1v) is 8.40. The molecule has 3 rings (SSSR count). The standard InChI is InChI=1S/C16H30N2O2/c1-13-2-6-18(15(10-13)12-17)14-3-7-20-16(11-14)4-8-19-9-5-16/h13-15H,2-12,17H2,1H3. The van der Waals surface area contributed by atoms with Gasteiger partial charge in [-0.2, -0.15) is 0 Å². The second kappa shape index (κ2) is 6.30. The average Bonchev–Trinajstić information content (AvgIpc) is 2.48. The summed E-state index contributed by atoms with van der Waals surface area (Å²) in [6.07, 6.45) is 7.09.